The van der Waals surface area contributed by atoms with E-state index in [-0.39, 0.29) is 25.7 Å². The van der Waals surface area contributed by atoms with Crippen molar-refractivity contribution in [2.75, 3.05) is 39.6 Å². The van der Waals surface area contributed by atoms with Crippen LogP contribution in [0.4, 0.5) is 0 Å². The molecule has 3 N–H and O–H groups in total. The lowest BCUT2D eigenvalue weighted by Crippen LogP contribution is -2.30. The number of ether oxygens (including phenoxy) is 4. The summed E-state index contributed by atoms with van der Waals surface area (Å²) in [5, 5.41) is 10.6. The number of phosphoric acid groups is 2. The Morgan fingerprint density at radius 1 is 0.273 bits per heavy atom. The average Bonchev–Trinajstić information content (AvgIpc) is 1.37. The molecule has 17 nitrogen and oxygen atoms in total. The highest BCUT2D eigenvalue weighted by atomic mass is 31.2. The van der Waals surface area contributed by atoms with Crippen LogP contribution in [-0.4, -0.2) is 96.7 Å². The van der Waals surface area contributed by atoms with Crippen LogP contribution >= 0.6 is 15.6 Å². The first kappa shape index (κ1) is 97.1. The van der Waals surface area contributed by atoms with Crippen LogP contribution in [0.3, 0.4) is 0 Å². The molecule has 0 aliphatic heterocycles. The van der Waals surface area contributed by atoms with Crippen LogP contribution < -0.4 is 0 Å². The largest absolute Gasteiger partial charge is 0.472 e. The highest BCUT2D eigenvalue weighted by molar-refractivity contribution is 7.47. The Morgan fingerprint density at radius 3 is 0.687 bits per heavy atom. The number of hydrogen-bond donors (Lipinski definition) is 3. The third-order valence-electron chi connectivity index (χ3n) is 18.7. The van der Waals surface area contributed by atoms with Crippen molar-refractivity contribution in [2.45, 2.75) is 439 Å². The molecule has 0 heterocycles. The molecular weight excluding hydrogens is 1290 g/mol. The molecule has 0 spiro atoms. The molecule has 0 aliphatic rings. The normalized spacial score (nSPS) is 13.9. The van der Waals surface area contributed by atoms with Crippen molar-refractivity contribution in [3.8, 4) is 0 Å². The minimum Gasteiger partial charge on any atom is -0.462 e. The fraction of sp³-hybridized carbons (Fsp3) is 0.950. The molecule has 0 amide bonds. The SMILES string of the molecule is CCCCCCCCCCCCCCCCCCCCCCCC(=O)OC[C@H](COP(=O)(O)OC[C@@H](O)COP(=O)(O)OC[C@@H](COC(=O)CCCCCCC)OC(=O)CCCCCCCCCCCC(C)C)OC(=O)CCCCCCCCCCCCCCCCCCCCC(C)C. The fourth-order valence-corrected chi connectivity index (χ4v) is 13.9. The third-order valence-corrected chi connectivity index (χ3v) is 20.6. The van der Waals surface area contributed by atoms with Gasteiger partial charge in [-0.05, 0) is 37.5 Å². The Bertz CT molecular complexity index is 1910. The summed E-state index contributed by atoms with van der Waals surface area (Å²) in [5.74, 6) is -0.567. The third kappa shape index (κ3) is 74.1. The van der Waals surface area contributed by atoms with Gasteiger partial charge < -0.3 is 33.8 Å². The number of carbonyl (C=O) groups excluding carboxylic acids is 4. The van der Waals surface area contributed by atoms with Gasteiger partial charge in [0.25, 0.3) is 0 Å². The summed E-state index contributed by atoms with van der Waals surface area (Å²) in [4.78, 5) is 72.6. The number of aliphatic hydroxyl groups is 1. The van der Waals surface area contributed by atoms with Crippen LogP contribution in [-0.2, 0) is 65.4 Å². The van der Waals surface area contributed by atoms with Gasteiger partial charge in [-0.15, -0.1) is 0 Å². The van der Waals surface area contributed by atoms with Crippen LogP contribution in [0, 0.1) is 11.8 Å². The summed E-state index contributed by atoms with van der Waals surface area (Å²) in [6.07, 6.45) is 61.8. The fourth-order valence-electron chi connectivity index (χ4n) is 12.4. The molecule has 99 heavy (non-hydrogen) atoms. The Hall–Kier alpha value is -1.94. The number of carbonyl (C=O) groups is 4. The number of unbranched alkanes of at least 4 members (excludes halogenated alkanes) is 49. The topological polar surface area (TPSA) is 237 Å². The first-order valence-corrected chi connectivity index (χ1v) is 44.5. The van der Waals surface area contributed by atoms with E-state index in [9.17, 15) is 43.2 Å². The minimum atomic E-state index is -4.96. The average molecular weight is 1450 g/mol. The van der Waals surface area contributed by atoms with Gasteiger partial charge in [0.15, 0.2) is 12.2 Å². The summed E-state index contributed by atoms with van der Waals surface area (Å²) in [6.45, 7) is 9.54. The minimum absolute atomic E-state index is 0.105. The highest BCUT2D eigenvalue weighted by Gasteiger charge is 2.30. The van der Waals surface area contributed by atoms with Crippen molar-refractivity contribution in [1.29, 1.82) is 0 Å². The Balaban J connectivity index is 5.10. The maximum atomic E-state index is 13.1. The molecule has 0 radical (unpaired) electrons. The molecule has 0 fully saturated rings. The number of hydrogen-bond acceptors (Lipinski definition) is 15. The van der Waals surface area contributed by atoms with Gasteiger partial charge in [-0.25, -0.2) is 9.13 Å². The van der Waals surface area contributed by atoms with Crippen molar-refractivity contribution in [3.63, 3.8) is 0 Å². The molecule has 0 aromatic rings. The quantitative estimate of drug-likeness (QED) is 0.0222. The molecule has 0 saturated heterocycles. The monoisotopic (exact) mass is 1450 g/mol. The van der Waals surface area contributed by atoms with Gasteiger partial charge in [0, 0.05) is 25.7 Å². The molecule has 0 aromatic carbocycles. The Morgan fingerprint density at radius 2 is 0.465 bits per heavy atom. The molecule has 0 aromatic heterocycles. The highest BCUT2D eigenvalue weighted by Crippen LogP contribution is 2.45. The first-order valence-electron chi connectivity index (χ1n) is 41.5. The number of rotatable bonds is 79. The lowest BCUT2D eigenvalue weighted by molar-refractivity contribution is -0.161. The van der Waals surface area contributed by atoms with Gasteiger partial charge in [-0.1, -0.05) is 369 Å². The molecule has 0 saturated carbocycles. The zero-order valence-corrected chi connectivity index (χ0v) is 66.6. The lowest BCUT2D eigenvalue weighted by Gasteiger charge is -2.21. The molecular formula is C80H156O17P2. The van der Waals surface area contributed by atoms with E-state index in [2.05, 4.69) is 41.5 Å². The zero-order valence-electron chi connectivity index (χ0n) is 64.8. The van der Waals surface area contributed by atoms with Gasteiger partial charge >= 0.3 is 39.5 Å². The van der Waals surface area contributed by atoms with E-state index >= 15 is 0 Å². The van der Waals surface area contributed by atoms with E-state index < -0.39 is 97.5 Å². The van der Waals surface area contributed by atoms with E-state index in [0.29, 0.717) is 25.7 Å². The Kier molecular flexibility index (Phi) is 70.3. The second-order valence-corrected chi connectivity index (χ2v) is 32.7. The number of esters is 4. The van der Waals surface area contributed by atoms with Crippen LogP contribution in [0.25, 0.3) is 0 Å². The van der Waals surface area contributed by atoms with Gasteiger partial charge in [0.2, 0.25) is 0 Å². The van der Waals surface area contributed by atoms with Gasteiger partial charge in [0.05, 0.1) is 26.4 Å². The first-order chi connectivity index (χ1) is 47.9. The number of aliphatic hydroxyl groups excluding tert-OH is 1. The van der Waals surface area contributed by atoms with Crippen molar-refractivity contribution >= 4 is 39.5 Å². The second-order valence-electron chi connectivity index (χ2n) is 29.8. The molecule has 0 rings (SSSR count). The van der Waals surface area contributed by atoms with Crippen LogP contribution in [0.1, 0.15) is 420 Å². The summed E-state index contributed by atoms with van der Waals surface area (Å²) >= 11 is 0. The standard InChI is InChI=1S/C80H156O17P2/c1-7-9-11-13-14-15-16-17-18-19-20-21-22-26-29-32-35-40-45-51-57-63-78(83)91-69-76(97-79(84)64-58-52-46-41-36-33-30-27-24-23-25-28-31-34-38-43-49-54-60-72(3)4)71-95-99(88,89)93-67-74(81)66-92-98(86,87)94-70-75(68-90-77(82)62-56-48-12-10-8-2)96-80(85)65-59-53-47-42-37-39-44-50-55-61-73(5)6/h72-76,81H,7-71H2,1-6H3,(H,86,87)(H,88,89)/t74-,75+,76+/m0/s1. The predicted molar refractivity (Wildman–Crippen MR) is 405 cm³/mol. The molecule has 5 atom stereocenters. The molecule has 0 bridgehead atoms. The van der Waals surface area contributed by atoms with E-state index in [4.69, 9.17) is 37.0 Å². The Labute approximate surface area is 607 Å². The van der Waals surface area contributed by atoms with Crippen LogP contribution in [0.2, 0.25) is 0 Å². The smallest absolute Gasteiger partial charge is 0.462 e. The molecule has 0 aliphatic carbocycles. The summed E-state index contributed by atoms with van der Waals surface area (Å²) in [5.41, 5.74) is 0. The molecule has 2 unspecified atom stereocenters. The maximum absolute atomic E-state index is 13.1. The zero-order chi connectivity index (χ0) is 72.8. The van der Waals surface area contributed by atoms with Gasteiger partial charge in [-0.2, -0.15) is 0 Å². The van der Waals surface area contributed by atoms with Crippen molar-refractivity contribution in [3.05, 3.63) is 0 Å². The summed E-state index contributed by atoms with van der Waals surface area (Å²) in [7, 11) is -9.91. The van der Waals surface area contributed by atoms with Crippen LogP contribution in [0.5, 0.6) is 0 Å². The maximum Gasteiger partial charge on any atom is 0.472 e. The van der Waals surface area contributed by atoms with E-state index in [1.165, 1.54) is 231 Å². The van der Waals surface area contributed by atoms with E-state index in [0.717, 1.165) is 108 Å². The van der Waals surface area contributed by atoms with E-state index in [1.54, 1.807) is 0 Å². The summed E-state index contributed by atoms with van der Waals surface area (Å²) < 4.78 is 68.4. The molecule has 588 valence electrons. The summed E-state index contributed by atoms with van der Waals surface area (Å²) in [6, 6.07) is 0. The number of phosphoric ester groups is 2. The predicted octanol–water partition coefficient (Wildman–Crippen LogP) is 23.9. The van der Waals surface area contributed by atoms with Gasteiger partial charge in [-0.3, -0.25) is 37.3 Å². The van der Waals surface area contributed by atoms with Crippen LogP contribution in [0.15, 0.2) is 0 Å². The van der Waals surface area contributed by atoms with Crippen molar-refractivity contribution in [1.82, 2.24) is 0 Å². The van der Waals surface area contributed by atoms with Gasteiger partial charge in [0.1, 0.15) is 19.3 Å². The second kappa shape index (κ2) is 71.7. The van der Waals surface area contributed by atoms with Crippen molar-refractivity contribution in [2.24, 2.45) is 11.8 Å². The lowest BCUT2D eigenvalue weighted by atomic mass is 10.0. The molecule has 19 heteroatoms. The van der Waals surface area contributed by atoms with E-state index in [1.807, 2.05) is 0 Å². The van der Waals surface area contributed by atoms with Crippen molar-refractivity contribution < 1.29 is 80.2 Å².